The molecule has 1 aromatic carbocycles. The van der Waals surface area contributed by atoms with Gasteiger partial charge in [-0.2, -0.15) is 13.5 Å². The van der Waals surface area contributed by atoms with Crippen molar-refractivity contribution in [2.45, 2.75) is 84.3 Å². The van der Waals surface area contributed by atoms with E-state index in [-0.39, 0.29) is 35.6 Å². The summed E-state index contributed by atoms with van der Waals surface area (Å²) >= 11 is 0. The van der Waals surface area contributed by atoms with Gasteiger partial charge in [0.25, 0.3) is 10.1 Å². The lowest BCUT2D eigenvalue weighted by Gasteiger charge is -2.36. The van der Waals surface area contributed by atoms with Gasteiger partial charge >= 0.3 is 0 Å². The van der Waals surface area contributed by atoms with Crippen LogP contribution in [-0.4, -0.2) is 68.2 Å². The van der Waals surface area contributed by atoms with E-state index in [1.54, 1.807) is 13.1 Å². The Labute approximate surface area is 257 Å². The first-order valence-electron chi connectivity index (χ1n) is 15.1. The molecule has 1 saturated heterocycles. The minimum atomic E-state index is -4.02. The zero-order valence-electron chi connectivity index (χ0n) is 26.5. The van der Waals surface area contributed by atoms with Gasteiger partial charge in [-0.1, -0.05) is 27.7 Å². The Morgan fingerprint density at radius 2 is 1.91 bits per heavy atom. The minimum Gasteiger partial charge on any atom is -0.543 e. The third-order valence-corrected chi connectivity index (χ3v) is 13.6. The highest BCUT2D eigenvalue weighted by Gasteiger charge is 2.39. The second kappa shape index (κ2) is 13.7. The molecule has 238 valence electrons. The van der Waals surface area contributed by atoms with Gasteiger partial charge in [0.05, 0.1) is 37.2 Å². The first-order chi connectivity index (χ1) is 20.1. The van der Waals surface area contributed by atoms with Gasteiger partial charge in [0, 0.05) is 30.0 Å². The number of pyridine rings is 1. The molecule has 3 heterocycles. The molecular formula is C31H47N3O7SSi. The number of ether oxygens (including phenoxy) is 3. The van der Waals surface area contributed by atoms with Crippen LogP contribution in [0.25, 0.3) is 22.2 Å². The van der Waals surface area contributed by atoms with Crippen LogP contribution in [0.4, 0.5) is 0 Å². The summed E-state index contributed by atoms with van der Waals surface area (Å²) in [5, 5.41) is 6.15. The van der Waals surface area contributed by atoms with Crippen LogP contribution < -0.4 is 4.43 Å². The highest BCUT2D eigenvalue weighted by atomic mass is 32.2. The molecule has 0 aliphatic carbocycles. The van der Waals surface area contributed by atoms with Crippen molar-refractivity contribution >= 4 is 29.3 Å². The van der Waals surface area contributed by atoms with Crippen LogP contribution in [0.15, 0.2) is 36.7 Å². The smallest absolute Gasteiger partial charge is 0.265 e. The lowest BCUT2D eigenvalue weighted by Crippen LogP contribution is -2.43. The molecule has 1 aliphatic heterocycles. The summed E-state index contributed by atoms with van der Waals surface area (Å²) in [6.07, 6.45) is 6.32. The van der Waals surface area contributed by atoms with E-state index in [1.807, 2.05) is 23.9 Å². The monoisotopic (exact) mass is 633 g/mol. The highest BCUT2D eigenvalue weighted by Crippen LogP contribution is 2.40. The van der Waals surface area contributed by atoms with E-state index >= 15 is 0 Å². The summed E-state index contributed by atoms with van der Waals surface area (Å²) in [7, 11) is -6.06. The van der Waals surface area contributed by atoms with Crippen molar-refractivity contribution in [2.24, 2.45) is 5.92 Å². The number of fused-ring (bicyclic) bond motifs is 1. The normalized spacial score (nSPS) is 18.1. The Morgan fingerprint density at radius 3 is 2.58 bits per heavy atom. The van der Waals surface area contributed by atoms with Gasteiger partial charge in [-0.15, -0.1) is 0 Å². The lowest BCUT2D eigenvalue weighted by molar-refractivity contribution is -0.0365. The number of nitrogens with zero attached hydrogens (tertiary/aromatic N) is 3. The molecule has 1 fully saturated rings. The molecule has 2 aromatic heterocycles. The van der Waals surface area contributed by atoms with E-state index < -0.39 is 18.4 Å². The third-order valence-electron chi connectivity index (χ3n) is 8.28. The number of rotatable bonds is 13. The fourth-order valence-electron chi connectivity index (χ4n) is 4.86. The molecule has 43 heavy (non-hydrogen) atoms. The number of hydrogen-bond donors (Lipinski definition) is 1. The Hall–Kier alpha value is -2.35. The molecule has 1 N–H and O–H groups in total. The fraction of sp³-hybridized carbons (Fsp3) is 0.613. The standard InChI is InChI=1S/C31H47N3O7SSi/c1-22(21-42(35,36)37)20-38-14-15-39-23(2)24-16-25(19-32-18-24)30-27-17-26(41-43(6,7)31(3,4)5)11-12-28(27)34(33-30)29-10-8-9-13-40-29/h11-12,16-19,22-23,29H,8-10,13-15,20-21H2,1-7H3,(H,35,36,37)/t22-,23+,29?/m1/s1. The third kappa shape index (κ3) is 8.86. The Balaban J connectivity index is 1.55. The Kier molecular flexibility index (Phi) is 10.7. The summed E-state index contributed by atoms with van der Waals surface area (Å²) in [6.45, 7) is 16.4. The highest BCUT2D eigenvalue weighted by molar-refractivity contribution is 7.85. The van der Waals surface area contributed by atoms with E-state index in [0.29, 0.717) is 13.2 Å². The molecule has 3 atom stereocenters. The van der Waals surface area contributed by atoms with Gasteiger partial charge in [0.2, 0.25) is 8.32 Å². The van der Waals surface area contributed by atoms with Gasteiger partial charge < -0.3 is 18.6 Å². The predicted octanol–water partition coefficient (Wildman–Crippen LogP) is 6.80. The zero-order valence-corrected chi connectivity index (χ0v) is 28.3. The van der Waals surface area contributed by atoms with Crippen molar-refractivity contribution in [3.8, 4) is 17.0 Å². The maximum absolute atomic E-state index is 11.0. The lowest BCUT2D eigenvalue weighted by atomic mass is 10.1. The molecule has 10 nitrogen and oxygen atoms in total. The van der Waals surface area contributed by atoms with Crippen molar-refractivity contribution in [3.63, 3.8) is 0 Å². The van der Waals surface area contributed by atoms with E-state index in [2.05, 4.69) is 57.0 Å². The molecule has 1 unspecified atom stereocenters. The summed E-state index contributed by atoms with van der Waals surface area (Å²) in [6, 6.07) is 8.29. The molecular weight excluding hydrogens is 587 g/mol. The molecule has 3 aromatic rings. The van der Waals surface area contributed by atoms with Crippen LogP contribution in [0, 0.1) is 5.92 Å². The molecule has 4 rings (SSSR count). The maximum atomic E-state index is 11.0. The quantitative estimate of drug-likeness (QED) is 0.123. The molecule has 1 aliphatic rings. The largest absolute Gasteiger partial charge is 0.543 e. The summed E-state index contributed by atoms with van der Waals surface area (Å²) < 4.78 is 57.4. The average molecular weight is 634 g/mol. The van der Waals surface area contributed by atoms with E-state index in [0.717, 1.165) is 59.3 Å². The molecule has 0 radical (unpaired) electrons. The van der Waals surface area contributed by atoms with Crippen molar-refractivity contribution < 1.29 is 31.6 Å². The van der Waals surface area contributed by atoms with Gasteiger partial charge in [-0.3, -0.25) is 9.54 Å². The van der Waals surface area contributed by atoms with Crippen LogP contribution in [0.3, 0.4) is 0 Å². The first-order valence-corrected chi connectivity index (χ1v) is 19.6. The Morgan fingerprint density at radius 1 is 1.14 bits per heavy atom. The second-order valence-corrected chi connectivity index (χ2v) is 19.3. The van der Waals surface area contributed by atoms with Crippen LogP contribution >= 0.6 is 0 Å². The van der Waals surface area contributed by atoms with Crippen LogP contribution in [0.2, 0.25) is 18.1 Å². The molecule has 0 bridgehead atoms. The average Bonchev–Trinajstić information content (AvgIpc) is 3.30. The SMILES string of the molecule is C[C@H](COCCO[C@@H](C)c1cncc(-c2nn(C3CCCCO3)c3ccc(O[Si](C)(C)C(C)(C)C)cc23)c1)CS(=O)(=O)O. The molecule has 0 spiro atoms. The molecule has 0 saturated carbocycles. The van der Waals surface area contributed by atoms with Crippen molar-refractivity contribution in [1.82, 2.24) is 14.8 Å². The summed E-state index contributed by atoms with van der Waals surface area (Å²) in [5.41, 5.74) is 3.61. The number of hydrogen-bond acceptors (Lipinski definition) is 8. The number of benzene rings is 1. The minimum absolute atomic E-state index is 0.0721. The predicted molar refractivity (Wildman–Crippen MR) is 170 cm³/mol. The van der Waals surface area contributed by atoms with Gasteiger partial charge in [-0.05, 0) is 80.1 Å². The van der Waals surface area contributed by atoms with Gasteiger partial charge in [-0.25, -0.2) is 4.68 Å². The summed E-state index contributed by atoms with van der Waals surface area (Å²) in [4.78, 5) is 4.53. The van der Waals surface area contributed by atoms with E-state index in [4.69, 9.17) is 28.3 Å². The van der Waals surface area contributed by atoms with Crippen molar-refractivity contribution in [1.29, 1.82) is 0 Å². The fourth-order valence-corrected chi connectivity index (χ4v) is 6.70. The van der Waals surface area contributed by atoms with Crippen LogP contribution in [0.1, 0.15) is 71.8 Å². The van der Waals surface area contributed by atoms with Gasteiger partial charge in [0.1, 0.15) is 11.4 Å². The van der Waals surface area contributed by atoms with Crippen molar-refractivity contribution in [2.75, 3.05) is 32.2 Å². The topological polar surface area (TPSA) is 122 Å². The maximum Gasteiger partial charge on any atom is 0.265 e. The zero-order chi connectivity index (χ0) is 31.4. The number of aromatic nitrogens is 3. The van der Waals surface area contributed by atoms with Crippen molar-refractivity contribution in [3.05, 3.63) is 42.2 Å². The Bertz CT molecular complexity index is 1480. The molecule has 0 amide bonds. The molecule has 12 heteroatoms. The summed E-state index contributed by atoms with van der Waals surface area (Å²) in [5.74, 6) is 0.204. The van der Waals surface area contributed by atoms with Gasteiger partial charge in [0.15, 0.2) is 6.23 Å². The van der Waals surface area contributed by atoms with Crippen LogP contribution in [-0.2, 0) is 24.3 Å². The van der Waals surface area contributed by atoms with Crippen LogP contribution in [0.5, 0.6) is 5.75 Å². The van der Waals surface area contributed by atoms with E-state index in [9.17, 15) is 8.42 Å². The van der Waals surface area contributed by atoms with E-state index in [1.165, 1.54) is 0 Å². The first kappa shape index (κ1) is 33.5. The second-order valence-electron chi connectivity index (χ2n) is 13.1.